The Balaban J connectivity index is 1.62. The molecule has 0 bridgehead atoms. The van der Waals surface area contributed by atoms with Gasteiger partial charge >= 0.3 is 0 Å². The molecule has 2 heterocycles. The van der Waals surface area contributed by atoms with Gasteiger partial charge in [-0.1, -0.05) is 12.1 Å². The number of halogens is 1. The highest BCUT2D eigenvalue weighted by Gasteiger charge is 2.28. The summed E-state index contributed by atoms with van der Waals surface area (Å²) in [7, 11) is 0. The number of piperazine rings is 1. The van der Waals surface area contributed by atoms with Crippen LogP contribution in [0, 0.1) is 5.82 Å². The minimum absolute atomic E-state index is 0.0841. The second-order valence-corrected chi connectivity index (χ2v) is 6.39. The average Bonchev–Trinajstić information content (AvgIpc) is 2.60. The molecule has 1 aromatic rings. The zero-order chi connectivity index (χ0) is 16.1. The predicted molar refractivity (Wildman–Crippen MR) is 86.5 cm³/mol. The van der Waals surface area contributed by atoms with Crippen LogP contribution < -0.4 is 5.32 Å². The lowest BCUT2D eigenvalue weighted by atomic mass is 10.0. The highest BCUT2D eigenvalue weighted by atomic mass is 19.1. The maximum atomic E-state index is 13.5. The molecule has 2 aliphatic rings. The molecule has 2 saturated heterocycles. The Morgan fingerprint density at radius 2 is 2.30 bits per heavy atom. The topological polar surface area (TPSA) is 41.6 Å². The van der Waals surface area contributed by atoms with Gasteiger partial charge in [-0.3, -0.25) is 4.79 Å². The Kier molecular flexibility index (Phi) is 5.62. The smallest absolute Gasteiger partial charge is 0.223 e. The van der Waals surface area contributed by atoms with E-state index in [0.29, 0.717) is 19.5 Å². The molecule has 0 aliphatic carbocycles. The van der Waals surface area contributed by atoms with E-state index in [-0.39, 0.29) is 23.9 Å². The van der Waals surface area contributed by atoms with Gasteiger partial charge in [0.2, 0.25) is 5.91 Å². The molecular weight excluding hydrogens is 295 g/mol. The molecule has 126 valence electrons. The number of rotatable bonds is 4. The van der Waals surface area contributed by atoms with Crippen LogP contribution in [0.3, 0.4) is 0 Å². The monoisotopic (exact) mass is 320 g/mol. The zero-order valence-corrected chi connectivity index (χ0v) is 13.5. The van der Waals surface area contributed by atoms with E-state index in [0.717, 1.165) is 38.0 Å². The van der Waals surface area contributed by atoms with Crippen molar-refractivity contribution in [2.75, 3.05) is 26.2 Å². The first-order valence-electron chi connectivity index (χ1n) is 8.61. The largest absolute Gasteiger partial charge is 0.378 e. The Labute approximate surface area is 137 Å². The van der Waals surface area contributed by atoms with E-state index in [4.69, 9.17) is 4.74 Å². The molecule has 23 heavy (non-hydrogen) atoms. The molecule has 4 nitrogen and oxygen atoms in total. The lowest BCUT2D eigenvalue weighted by Gasteiger charge is -2.37. The molecule has 5 heteroatoms. The third-order valence-electron chi connectivity index (χ3n) is 4.75. The summed E-state index contributed by atoms with van der Waals surface area (Å²) in [6.45, 7) is 2.95. The number of nitrogens with zero attached hydrogens (tertiary/aromatic N) is 1. The summed E-state index contributed by atoms with van der Waals surface area (Å²) in [4.78, 5) is 14.6. The lowest BCUT2D eigenvalue weighted by Crippen LogP contribution is -2.48. The van der Waals surface area contributed by atoms with Gasteiger partial charge in [-0.2, -0.15) is 0 Å². The lowest BCUT2D eigenvalue weighted by molar-refractivity contribution is -0.135. The summed E-state index contributed by atoms with van der Waals surface area (Å²) in [5.74, 6) is -0.106. The highest BCUT2D eigenvalue weighted by molar-refractivity contribution is 5.77. The summed E-state index contributed by atoms with van der Waals surface area (Å²) >= 11 is 0. The van der Waals surface area contributed by atoms with Crippen LogP contribution in [-0.4, -0.2) is 43.2 Å². The third kappa shape index (κ3) is 4.30. The van der Waals surface area contributed by atoms with Gasteiger partial charge in [0, 0.05) is 32.7 Å². The van der Waals surface area contributed by atoms with Gasteiger partial charge in [0.1, 0.15) is 5.82 Å². The van der Waals surface area contributed by atoms with Crippen LogP contribution in [0.1, 0.15) is 43.7 Å². The van der Waals surface area contributed by atoms with E-state index >= 15 is 0 Å². The van der Waals surface area contributed by atoms with Crippen molar-refractivity contribution < 1.29 is 13.9 Å². The van der Waals surface area contributed by atoms with Gasteiger partial charge in [0.15, 0.2) is 0 Å². The fraction of sp³-hybridized carbons (Fsp3) is 0.611. The number of amides is 1. The molecule has 1 amide bonds. The quantitative estimate of drug-likeness (QED) is 0.927. The van der Waals surface area contributed by atoms with Crippen LogP contribution in [-0.2, 0) is 9.53 Å². The van der Waals surface area contributed by atoms with E-state index < -0.39 is 0 Å². The fourth-order valence-corrected chi connectivity index (χ4v) is 3.48. The summed E-state index contributed by atoms with van der Waals surface area (Å²) < 4.78 is 19.2. The van der Waals surface area contributed by atoms with Crippen molar-refractivity contribution in [1.82, 2.24) is 10.2 Å². The van der Waals surface area contributed by atoms with Crippen LogP contribution in [0.15, 0.2) is 24.3 Å². The van der Waals surface area contributed by atoms with Crippen molar-refractivity contribution in [3.63, 3.8) is 0 Å². The van der Waals surface area contributed by atoms with Gasteiger partial charge in [0.05, 0.1) is 12.1 Å². The number of carbonyl (C=O) groups excluding carboxylic acids is 1. The van der Waals surface area contributed by atoms with Crippen LogP contribution in [0.5, 0.6) is 0 Å². The molecule has 0 radical (unpaired) electrons. The maximum absolute atomic E-state index is 13.5. The molecule has 2 atom stereocenters. The maximum Gasteiger partial charge on any atom is 0.223 e. The molecule has 2 fully saturated rings. The van der Waals surface area contributed by atoms with Crippen LogP contribution in [0.4, 0.5) is 4.39 Å². The van der Waals surface area contributed by atoms with E-state index in [1.54, 1.807) is 6.07 Å². The number of hydrogen-bond donors (Lipinski definition) is 1. The number of ether oxygens (including phenoxy) is 1. The number of carbonyl (C=O) groups is 1. The van der Waals surface area contributed by atoms with Gasteiger partial charge in [-0.25, -0.2) is 4.39 Å². The second kappa shape index (κ2) is 7.88. The number of nitrogens with one attached hydrogen (secondary N) is 1. The fourth-order valence-electron chi connectivity index (χ4n) is 3.48. The average molecular weight is 320 g/mol. The molecule has 0 spiro atoms. The van der Waals surface area contributed by atoms with Gasteiger partial charge in [-0.05, 0) is 43.4 Å². The SMILES string of the molecule is O=C(CCC1CCCCO1)N1CCNCC1c1cccc(F)c1. The molecular formula is C18H25FN2O2. The minimum atomic E-state index is -0.254. The van der Waals surface area contributed by atoms with E-state index in [1.165, 1.54) is 18.6 Å². The third-order valence-corrected chi connectivity index (χ3v) is 4.75. The summed E-state index contributed by atoms with van der Waals surface area (Å²) in [6, 6.07) is 6.48. The minimum Gasteiger partial charge on any atom is -0.378 e. The van der Waals surface area contributed by atoms with Crippen molar-refractivity contribution in [3.8, 4) is 0 Å². The first-order valence-corrected chi connectivity index (χ1v) is 8.61. The van der Waals surface area contributed by atoms with E-state index in [2.05, 4.69) is 5.32 Å². The number of benzene rings is 1. The van der Waals surface area contributed by atoms with Crippen molar-refractivity contribution >= 4 is 5.91 Å². The Morgan fingerprint density at radius 3 is 3.09 bits per heavy atom. The molecule has 1 N–H and O–H groups in total. The van der Waals surface area contributed by atoms with E-state index in [9.17, 15) is 9.18 Å². The molecule has 2 unspecified atom stereocenters. The van der Waals surface area contributed by atoms with Crippen LogP contribution in [0.25, 0.3) is 0 Å². The zero-order valence-electron chi connectivity index (χ0n) is 13.5. The van der Waals surface area contributed by atoms with E-state index in [1.807, 2.05) is 11.0 Å². The van der Waals surface area contributed by atoms with Crippen molar-refractivity contribution in [2.24, 2.45) is 0 Å². The highest BCUT2D eigenvalue weighted by Crippen LogP contribution is 2.25. The van der Waals surface area contributed by atoms with Crippen molar-refractivity contribution in [2.45, 2.75) is 44.2 Å². The van der Waals surface area contributed by atoms with Crippen molar-refractivity contribution in [1.29, 1.82) is 0 Å². The Bertz CT molecular complexity index is 532. The molecule has 0 aromatic heterocycles. The molecule has 3 rings (SSSR count). The second-order valence-electron chi connectivity index (χ2n) is 6.39. The molecule has 2 aliphatic heterocycles. The van der Waals surface area contributed by atoms with Gasteiger partial charge < -0.3 is 15.0 Å². The molecule has 1 aromatic carbocycles. The summed E-state index contributed by atoms with van der Waals surface area (Å²) in [5.41, 5.74) is 0.861. The Morgan fingerprint density at radius 1 is 1.39 bits per heavy atom. The molecule has 0 saturated carbocycles. The first kappa shape index (κ1) is 16.4. The summed E-state index contributed by atoms with van der Waals surface area (Å²) in [6.07, 6.45) is 4.91. The van der Waals surface area contributed by atoms with Crippen LogP contribution in [0.2, 0.25) is 0 Å². The van der Waals surface area contributed by atoms with Gasteiger partial charge in [-0.15, -0.1) is 0 Å². The van der Waals surface area contributed by atoms with Crippen molar-refractivity contribution in [3.05, 3.63) is 35.6 Å². The summed E-state index contributed by atoms with van der Waals surface area (Å²) in [5, 5.41) is 3.30. The number of hydrogen-bond acceptors (Lipinski definition) is 3. The Hall–Kier alpha value is -1.46. The van der Waals surface area contributed by atoms with Crippen LogP contribution >= 0.6 is 0 Å². The standard InChI is InChI=1S/C18H25FN2O2/c19-15-5-3-4-14(12-15)17-13-20-9-10-21(17)18(22)8-7-16-6-1-2-11-23-16/h3-5,12,16-17,20H,1-2,6-11,13H2. The van der Waals surface area contributed by atoms with Gasteiger partial charge in [0.25, 0.3) is 0 Å². The predicted octanol–water partition coefficient (Wildman–Crippen LogP) is 2.65. The first-order chi connectivity index (χ1) is 11.2. The normalized spacial score (nSPS) is 25.3.